The molecule has 1 aromatic rings. The van der Waals surface area contributed by atoms with E-state index in [1.807, 2.05) is 6.07 Å². The summed E-state index contributed by atoms with van der Waals surface area (Å²) in [6.07, 6.45) is 2.25. The maximum Gasteiger partial charge on any atom is 0.0512 e. The zero-order valence-corrected chi connectivity index (χ0v) is 10.4. The molecule has 0 aliphatic heterocycles. The molecule has 12 heavy (non-hydrogen) atoms. The van der Waals surface area contributed by atoms with E-state index in [1.54, 1.807) is 0 Å². The quantitative estimate of drug-likeness (QED) is 0.778. The Kier molecular flexibility index (Phi) is 6.67. The molecule has 0 bridgehead atoms. The van der Waals surface area contributed by atoms with Crippen LogP contribution in [0.1, 0.15) is 24.7 Å². The Morgan fingerprint density at radius 2 is 2.00 bits per heavy atom. The smallest absolute Gasteiger partial charge is 0.0512 e. The van der Waals surface area contributed by atoms with Crippen molar-refractivity contribution in [2.75, 3.05) is 0 Å². The molecule has 1 aromatic heterocycles. The number of rotatable bonds is 3. The molecule has 0 radical (unpaired) electrons. The molecule has 0 saturated carbocycles. The minimum absolute atomic E-state index is 0. The molecule has 0 aromatic carbocycles. The van der Waals surface area contributed by atoms with E-state index < -0.39 is 0 Å². The first-order valence-electron chi connectivity index (χ1n) is 3.87. The molecule has 0 unspecified atom stereocenters. The molecule has 3 heteroatoms. The summed E-state index contributed by atoms with van der Waals surface area (Å²) in [6.45, 7) is 2.17. The van der Waals surface area contributed by atoms with Crippen LogP contribution < -0.4 is 0 Å². The Morgan fingerprint density at radius 1 is 1.33 bits per heavy atom. The van der Waals surface area contributed by atoms with Crippen molar-refractivity contribution in [2.24, 2.45) is 0 Å². The summed E-state index contributed by atoms with van der Waals surface area (Å²) in [6, 6.07) is 6.18. The Bertz CT molecular complexity index is 226. The Labute approximate surface area is 92.5 Å². The third-order valence-corrected chi connectivity index (χ3v) is 2.08. The number of hydrogen-bond donors (Lipinski definition) is 0. The number of aryl methyl sites for hydroxylation is 1. The second-order valence-corrected chi connectivity index (χ2v) is 3.06. The van der Waals surface area contributed by atoms with Gasteiger partial charge in [-0.3, -0.25) is 4.98 Å². The van der Waals surface area contributed by atoms with Gasteiger partial charge in [0.05, 0.1) is 5.69 Å². The van der Waals surface area contributed by atoms with Crippen molar-refractivity contribution in [3.63, 3.8) is 0 Å². The van der Waals surface area contributed by atoms with Crippen LogP contribution in [-0.2, 0) is 11.8 Å². The normalized spacial score (nSPS) is 9.17. The first-order valence-corrected chi connectivity index (χ1v) is 4.99. The minimum atomic E-state index is 0. The van der Waals surface area contributed by atoms with Crippen molar-refractivity contribution in [3.8, 4) is 0 Å². The van der Waals surface area contributed by atoms with E-state index in [9.17, 15) is 0 Å². The van der Waals surface area contributed by atoms with Gasteiger partial charge in [0.1, 0.15) is 0 Å². The Morgan fingerprint density at radius 3 is 2.58 bits per heavy atom. The zero-order chi connectivity index (χ0) is 8.10. The first-order chi connectivity index (χ1) is 5.36. The van der Waals surface area contributed by atoms with Crippen molar-refractivity contribution in [1.82, 2.24) is 4.98 Å². The van der Waals surface area contributed by atoms with E-state index in [1.165, 1.54) is 12.1 Å². The van der Waals surface area contributed by atoms with Crippen LogP contribution >= 0.6 is 32.9 Å². The largest absolute Gasteiger partial charge is 0.257 e. The molecule has 0 amide bonds. The van der Waals surface area contributed by atoms with Gasteiger partial charge in [0, 0.05) is 11.0 Å². The van der Waals surface area contributed by atoms with Gasteiger partial charge in [-0.2, -0.15) is 0 Å². The van der Waals surface area contributed by atoms with Gasteiger partial charge >= 0.3 is 0 Å². The van der Waals surface area contributed by atoms with E-state index in [4.69, 9.17) is 0 Å². The van der Waals surface area contributed by atoms with Crippen molar-refractivity contribution < 1.29 is 0 Å². The highest BCUT2D eigenvalue weighted by Gasteiger charge is 1.93. The first kappa shape index (κ1) is 12.1. The number of aromatic nitrogens is 1. The molecule has 0 N–H and O–H groups in total. The van der Waals surface area contributed by atoms with Gasteiger partial charge < -0.3 is 0 Å². The highest BCUT2D eigenvalue weighted by molar-refractivity contribution is 9.08. The number of alkyl halides is 1. The van der Waals surface area contributed by atoms with Gasteiger partial charge in [-0.05, 0) is 18.6 Å². The van der Waals surface area contributed by atoms with Gasteiger partial charge in [-0.15, -0.1) is 17.0 Å². The van der Waals surface area contributed by atoms with Crippen LogP contribution in [0.4, 0.5) is 0 Å². The highest BCUT2D eigenvalue weighted by atomic mass is 79.9. The van der Waals surface area contributed by atoms with E-state index in [2.05, 4.69) is 40.0 Å². The van der Waals surface area contributed by atoms with Crippen LogP contribution in [0.5, 0.6) is 0 Å². The fourth-order valence-electron chi connectivity index (χ4n) is 0.999. The summed E-state index contributed by atoms with van der Waals surface area (Å²) in [5.41, 5.74) is 2.32. The lowest BCUT2D eigenvalue weighted by Crippen LogP contribution is -1.91. The topological polar surface area (TPSA) is 12.9 Å². The van der Waals surface area contributed by atoms with Gasteiger partial charge in [-0.1, -0.05) is 35.3 Å². The molecule has 1 rings (SSSR count). The van der Waals surface area contributed by atoms with Crippen LogP contribution in [-0.4, -0.2) is 4.98 Å². The number of nitrogens with zero attached hydrogens (tertiary/aromatic N) is 1. The van der Waals surface area contributed by atoms with Gasteiger partial charge in [0.15, 0.2) is 0 Å². The van der Waals surface area contributed by atoms with Gasteiger partial charge in [0.2, 0.25) is 0 Å². The van der Waals surface area contributed by atoms with Crippen LogP contribution in [0.2, 0.25) is 0 Å². The monoisotopic (exact) mass is 293 g/mol. The van der Waals surface area contributed by atoms with Crippen molar-refractivity contribution >= 4 is 32.9 Å². The summed E-state index contributed by atoms with van der Waals surface area (Å²) >= 11 is 3.38. The molecule has 68 valence electrons. The van der Waals surface area contributed by atoms with E-state index >= 15 is 0 Å². The van der Waals surface area contributed by atoms with Crippen LogP contribution in [0.25, 0.3) is 0 Å². The standard InChI is InChI=1S/C9H12BrN.BrH/c1-2-4-8-5-3-6-9(7-10)11-8;/h3,5-6H,2,4,7H2,1H3;1H. The molecular weight excluding hydrogens is 282 g/mol. The lowest BCUT2D eigenvalue weighted by Gasteiger charge is -1.99. The lowest BCUT2D eigenvalue weighted by atomic mass is 10.2. The number of hydrogen-bond acceptors (Lipinski definition) is 1. The SMILES string of the molecule is Br.CCCc1cccc(CBr)n1. The summed E-state index contributed by atoms with van der Waals surface area (Å²) in [5.74, 6) is 0. The van der Waals surface area contributed by atoms with Crippen molar-refractivity contribution in [3.05, 3.63) is 29.6 Å². The average molecular weight is 295 g/mol. The second-order valence-electron chi connectivity index (χ2n) is 2.50. The molecular formula is C9H13Br2N. The lowest BCUT2D eigenvalue weighted by molar-refractivity contribution is 0.873. The number of halogens is 2. The fraction of sp³-hybridized carbons (Fsp3) is 0.444. The maximum absolute atomic E-state index is 4.43. The molecule has 0 spiro atoms. The third-order valence-electron chi connectivity index (χ3n) is 1.51. The second kappa shape index (κ2) is 6.61. The summed E-state index contributed by atoms with van der Waals surface area (Å²) in [4.78, 5) is 4.43. The van der Waals surface area contributed by atoms with Crippen molar-refractivity contribution in [1.29, 1.82) is 0 Å². The minimum Gasteiger partial charge on any atom is -0.257 e. The molecule has 0 saturated heterocycles. The molecule has 1 heterocycles. The molecule has 1 nitrogen and oxygen atoms in total. The van der Waals surface area contributed by atoms with Gasteiger partial charge in [0.25, 0.3) is 0 Å². The molecule has 0 aliphatic rings. The van der Waals surface area contributed by atoms with Crippen LogP contribution in [0.15, 0.2) is 18.2 Å². The highest BCUT2D eigenvalue weighted by Crippen LogP contribution is 2.05. The summed E-state index contributed by atoms with van der Waals surface area (Å²) in [7, 11) is 0. The van der Waals surface area contributed by atoms with E-state index in [0.717, 1.165) is 17.4 Å². The Balaban J connectivity index is 0.00000121. The summed E-state index contributed by atoms with van der Waals surface area (Å²) in [5, 5.41) is 0.852. The predicted octanol–water partition coefficient (Wildman–Crippen LogP) is 3.51. The molecule has 0 atom stereocenters. The Hall–Kier alpha value is 0.110. The zero-order valence-electron chi connectivity index (χ0n) is 7.09. The maximum atomic E-state index is 4.43. The van der Waals surface area contributed by atoms with Crippen LogP contribution in [0.3, 0.4) is 0 Å². The predicted molar refractivity (Wildman–Crippen MR) is 61.2 cm³/mol. The fourth-order valence-corrected chi connectivity index (χ4v) is 1.31. The van der Waals surface area contributed by atoms with E-state index in [-0.39, 0.29) is 17.0 Å². The molecule has 0 fully saturated rings. The number of pyridine rings is 1. The van der Waals surface area contributed by atoms with Crippen LogP contribution in [0, 0.1) is 0 Å². The van der Waals surface area contributed by atoms with Gasteiger partial charge in [-0.25, -0.2) is 0 Å². The summed E-state index contributed by atoms with van der Waals surface area (Å²) < 4.78 is 0. The average Bonchev–Trinajstić information content (AvgIpc) is 2.06. The van der Waals surface area contributed by atoms with E-state index in [0.29, 0.717) is 0 Å². The van der Waals surface area contributed by atoms with Crippen molar-refractivity contribution in [2.45, 2.75) is 25.1 Å². The third kappa shape index (κ3) is 3.68. The molecule has 0 aliphatic carbocycles.